The van der Waals surface area contributed by atoms with Crippen LogP contribution in [0.5, 0.6) is 5.75 Å². The number of para-hydroxylation sites is 1. The lowest BCUT2D eigenvalue weighted by molar-refractivity contribution is -0.274. The van der Waals surface area contributed by atoms with Gasteiger partial charge in [0.05, 0.1) is 12.4 Å². The van der Waals surface area contributed by atoms with E-state index in [2.05, 4.69) is 24.8 Å². The molecule has 0 atom stereocenters. The number of nitrogens with one attached hydrogen (secondary N) is 1. The third-order valence-electron chi connectivity index (χ3n) is 4.02. The van der Waals surface area contributed by atoms with Gasteiger partial charge in [-0.2, -0.15) is 5.10 Å². The highest BCUT2D eigenvalue weighted by Gasteiger charge is 2.32. The number of hydrogen-bond donors (Lipinski definition) is 1. The van der Waals surface area contributed by atoms with Gasteiger partial charge in [0.1, 0.15) is 22.6 Å². The quantitative estimate of drug-likeness (QED) is 0.528. The summed E-state index contributed by atoms with van der Waals surface area (Å²) in [5.41, 5.74) is -0.377. The summed E-state index contributed by atoms with van der Waals surface area (Å²) in [6.45, 7) is 0. The second kappa shape index (κ2) is 7.00. The highest BCUT2D eigenvalue weighted by Crippen LogP contribution is 2.27. The summed E-state index contributed by atoms with van der Waals surface area (Å²) >= 11 is 0. The van der Waals surface area contributed by atoms with Crippen LogP contribution in [0.15, 0.2) is 53.7 Å². The maximum atomic E-state index is 14.1. The number of hydrogen-bond acceptors (Lipinski definition) is 5. The van der Waals surface area contributed by atoms with Gasteiger partial charge in [-0.05, 0) is 12.1 Å². The van der Waals surface area contributed by atoms with Crippen molar-refractivity contribution in [1.82, 2.24) is 24.7 Å². The van der Waals surface area contributed by atoms with Crippen LogP contribution in [0.4, 0.5) is 17.6 Å². The number of ether oxygens (including phenoxy) is 1. The van der Waals surface area contributed by atoms with Crippen LogP contribution in [0, 0.1) is 5.82 Å². The van der Waals surface area contributed by atoms with E-state index in [0.717, 1.165) is 16.8 Å². The van der Waals surface area contributed by atoms with E-state index in [-0.39, 0.29) is 34.5 Å². The Morgan fingerprint density at radius 3 is 2.69 bits per heavy atom. The standard InChI is InChI=1S/C18H11F4N5O2/c19-12-5-6-23-9-13(12)27-16-11(8-24-27)17(28)26-15(25-16)7-10-3-1-2-4-14(10)29-18(20,21)22/h1-6,8-9H,7H2,(H,25,26,28). The monoisotopic (exact) mass is 405 g/mol. The van der Waals surface area contributed by atoms with Gasteiger partial charge in [-0.1, -0.05) is 18.2 Å². The van der Waals surface area contributed by atoms with Gasteiger partial charge in [-0.25, -0.2) is 14.1 Å². The van der Waals surface area contributed by atoms with Crippen molar-refractivity contribution in [2.45, 2.75) is 12.8 Å². The number of benzene rings is 1. The van der Waals surface area contributed by atoms with E-state index in [1.165, 1.54) is 36.8 Å². The van der Waals surface area contributed by atoms with Crippen molar-refractivity contribution in [2.75, 3.05) is 0 Å². The van der Waals surface area contributed by atoms with Gasteiger partial charge in [0.25, 0.3) is 5.56 Å². The highest BCUT2D eigenvalue weighted by atomic mass is 19.4. The molecule has 0 radical (unpaired) electrons. The lowest BCUT2D eigenvalue weighted by atomic mass is 10.1. The van der Waals surface area contributed by atoms with E-state index < -0.39 is 23.5 Å². The van der Waals surface area contributed by atoms with Crippen LogP contribution in [0.2, 0.25) is 0 Å². The lowest BCUT2D eigenvalue weighted by Crippen LogP contribution is -2.18. The Balaban J connectivity index is 1.78. The third-order valence-corrected chi connectivity index (χ3v) is 4.02. The first kappa shape index (κ1) is 18.6. The Bertz CT molecular complexity index is 1250. The van der Waals surface area contributed by atoms with Gasteiger partial charge in [0.2, 0.25) is 0 Å². The van der Waals surface area contributed by atoms with Crippen molar-refractivity contribution in [2.24, 2.45) is 0 Å². The van der Waals surface area contributed by atoms with Crippen molar-refractivity contribution in [3.05, 3.63) is 76.5 Å². The van der Waals surface area contributed by atoms with E-state index in [1.54, 1.807) is 0 Å². The number of halogens is 4. The van der Waals surface area contributed by atoms with E-state index in [9.17, 15) is 22.4 Å². The number of aromatic amines is 1. The van der Waals surface area contributed by atoms with E-state index in [0.29, 0.717) is 0 Å². The summed E-state index contributed by atoms with van der Waals surface area (Å²) in [4.78, 5) is 23.0. The number of aromatic nitrogens is 5. The highest BCUT2D eigenvalue weighted by molar-refractivity contribution is 5.75. The van der Waals surface area contributed by atoms with Crippen molar-refractivity contribution in [1.29, 1.82) is 0 Å². The molecule has 0 saturated heterocycles. The zero-order valence-electron chi connectivity index (χ0n) is 14.4. The summed E-state index contributed by atoms with van der Waals surface area (Å²) in [6.07, 6.45) is -1.32. The fraction of sp³-hybridized carbons (Fsp3) is 0.111. The van der Waals surface area contributed by atoms with Gasteiger partial charge in [-0.15, -0.1) is 13.2 Å². The second-order valence-electron chi connectivity index (χ2n) is 5.97. The summed E-state index contributed by atoms with van der Waals surface area (Å²) in [5, 5.41) is 4.08. The number of alkyl halides is 3. The number of pyridine rings is 1. The molecule has 3 heterocycles. The first-order valence-corrected chi connectivity index (χ1v) is 8.22. The molecule has 7 nitrogen and oxygen atoms in total. The Labute approximate surface area is 159 Å². The first-order valence-electron chi connectivity index (χ1n) is 8.22. The van der Waals surface area contributed by atoms with Crippen LogP contribution in [-0.2, 0) is 6.42 Å². The summed E-state index contributed by atoms with van der Waals surface area (Å²) < 4.78 is 57.1. The molecule has 0 fully saturated rings. The minimum Gasteiger partial charge on any atom is -0.405 e. The van der Waals surface area contributed by atoms with Crippen LogP contribution in [0.1, 0.15) is 11.4 Å². The molecule has 0 aliphatic heterocycles. The Kier molecular flexibility index (Phi) is 4.49. The predicted octanol–water partition coefficient (Wildman–Crippen LogP) is 3.13. The first-order chi connectivity index (χ1) is 13.8. The fourth-order valence-electron chi connectivity index (χ4n) is 2.80. The van der Waals surface area contributed by atoms with Crippen molar-refractivity contribution in [3.8, 4) is 11.4 Å². The molecule has 0 aliphatic rings. The Morgan fingerprint density at radius 2 is 1.93 bits per heavy atom. The van der Waals surface area contributed by atoms with Crippen LogP contribution in [0.3, 0.4) is 0 Å². The molecule has 29 heavy (non-hydrogen) atoms. The third kappa shape index (κ3) is 3.79. The average Bonchev–Trinajstić information content (AvgIpc) is 3.07. The molecule has 1 aromatic carbocycles. The van der Waals surface area contributed by atoms with Gasteiger partial charge < -0.3 is 9.72 Å². The Hall–Kier alpha value is -3.76. The van der Waals surface area contributed by atoms with Crippen molar-refractivity contribution < 1.29 is 22.3 Å². The lowest BCUT2D eigenvalue weighted by Gasteiger charge is -2.13. The zero-order chi connectivity index (χ0) is 20.6. The number of H-pyrrole nitrogens is 1. The molecule has 0 amide bonds. The topological polar surface area (TPSA) is 85.7 Å². The molecule has 4 aromatic rings. The van der Waals surface area contributed by atoms with E-state index in [1.807, 2.05) is 0 Å². The van der Waals surface area contributed by atoms with Crippen molar-refractivity contribution >= 4 is 11.0 Å². The van der Waals surface area contributed by atoms with Crippen molar-refractivity contribution in [3.63, 3.8) is 0 Å². The molecule has 0 unspecified atom stereocenters. The second-order valence-corrected chi connectivity index (χ2v) is 5.97. The smallest absolute Gasteiger partial charge is 0.405 e. The van der Waals surface area contributed by atoms with Crippen LogP contribution >= 0.6 is 0 Å². The number of rotatable bonds is 4. The molecular formula is C18H11F4N5O2. The minimum absolute atomic E-state index is 0.0210. The van der Waals surface area contributed by atoms with Crippen LogP contribution in [-0.4, -0.2) is 31.1 Å². The maximum Gasteiger partial charge on any atom is 0.573 e. The van der Waals surface area contributed by atoms with Crippen LogP contribution in [0.25, 0.3) is 16.7 Å². The Morgan fingerprint density at radius 1 is 1.14 bits per heavy atom. The molecule has 0 aliphatic carbocycles. The minimum atomic E-state index is -4.86. The molecule has 3 aromatic heterocycles. The van der Waals surface area contributed by atoms with Gasteiger partial charge >= 0.3 is 6.36 Å². The zero-order valence-corrected chi connectivity index (χ0v) is 14.4. The molecule has 1 N–H and O–H groups in total. The predicted molar refractivity (Wildman–Crippen MR) is 93.2 cm³/mol. The van der Waals surface area contributed by atoms with E-state index in [4.69, 9.17) is 0 Å². The normalized spacial score (nSPS) is 11.7. The summed E-state index contributed by atoms with van der Waals surface area (Å²) in [6, 6.07) is 6.63. The largest absolute Gasteiger partial charge is 0.573 e. The molecular weight excluding hydrogens is 394 g/mol. The molecule has 11 heteroatoms. The molecule has 148 valence electrons. The number of nitrogens with zero attached hydrogens (tertiary/aromatic N) is 4. The number of fused-ring (bicyclic) bond motifs is 1. The summed E-state index contributed by atoms with van der Waals surface area (Å²) in [5.74, 6) is -0.973. The molecule has 0 saturated carbocycles. The average molecular weight is 405 g/mol. The molecule has 4 rings (SSSR count). The summed E-state index contributed by atoms with van der Waals surface area (Å²) in [7, 11) is 0. The van der Waals surface area contributed by atoms with E-state index >= 15 is 0 Å². The van der Waals surface area contributed by atoms with Gasteiger partial charge in [-0.3, -0.25) is 9.78 Å². The maximum absolute atomic E-state index is 14.1. The van der Waals surface area contributed by atoms with Gasteiger partial charge in [0, 0.05) is 18.2 Å². The fourth-order valence-corrected chi connectivity index (χ4v) is 2.80. The van der Waals surface area contributed by atoms with Gasteiger partial charge in [0.15, 0.2) is 11.5 Å². The molecule has 0 spiro atoms. The van der Waals surface area contributed by atoms with Crippen LogP contribution < -0.4 is 10.3 Å². The SMILES string of the molecule is O=c1[nH]c(Cc2ccccc2OC(F)(F)F)nc2c1cnn2-c1cnccc1F. The molecule has 0 bridgehead atoms.